The third kappa shape index (κ3) is 4.04. The predicted molar refractivity (Wildman–Crippen MR) is 127 cm³/mol. The quantitative estimate of drug-likeness (QED) is 0.376. The molecule has 2 heterocycles. The Bertz CT molecular complexity index is 1120. The van der Waals surface area contributed by atoms with E-state index >= 15 is 0 Å². The van der Waals surface area contributed by atoms with Crippen LogP contribution in [0.2, 0.25) is 5.02 Å². The fourth-order valence-electron chi connectivity index (χ4n) is 4.04. The van der Waals surface area contributed by atoms with Gasteiger partial charge in [-0.25, -0.2) is 5.01 Å². The second-order valence-electron chi connectivity index (χ2n) is 7.72. The van der Waals surface area contributed by atoms with Crippen LogP contribution in [0.5, 0.6) is 11.5 Å². The number of rotatable bonds is 5. The lowest BCUT2D eigenvalue weighted by atomic mass is 9.96. The molecule has 158 valence electrons. The Labute approximate surface area is 195 Å². The van der Waals surface area contributed by atoms with Crippen LogP contribution < -0.4 is 9.47 Å². The summed E-state index contributed by atoms with van der Waals surface area (Å²) in [6.07, 6.45) is 1.49. The van der Waals surface area contributed by atoms with Gasteiger partial charge in [-0.1, -0.05) is 46.6 Å². The second kappa shape index (κ2) is 8.56. The zero-order valence-electron chi connectivity index (χ0n) is 17.1. The van der Waals surface area contributed by atoms with E-state index in [1.165, 1.54) is 0 Å². The molecule has 0 aliphatic carbocycles. The van der Waals surface area contributed by atoms with Crippen LogP contribution in [0.1, 0.15) is 48.7 Å². The minimum Gasteiger partial charge on any atom is -0.494 e. The summed E-state index contributed by atoms with van der Waals surface area (Å²) in [5, 5.41) is 7.81. The SMILES string of the molecule is CCCOc1ccc([C@H]2Oc3ccc(Br)cc3[C@H]3CC(c4ccc(Cl)cc4)=NN32)cc1. The van der Waals surface area contributed by atoms with Crippen LogP contribution in [0.3, 0.4) is 0 Å². The molecular weight excluding hydrogens is 476 g/mol. The highest BCUT2D eigenvalue weighted by atomic mass is 79.9. The molecule has 2 atom stereocenters. The first-order chi connectivity index (χ1) is 15.1. The molecule has 31 heavy (non-hydrogen) atoms. The Morgan fingerprint density at radius 3 is 2.61 bits per heavy atom. The second-order valence-corrected chi connectivity index (χ2v) is 9.08. The largest absolute Gasteiger partial charge is 0.494 e. The van der Waals surface area contributed by atoms with Crippen molar-refractivity contribution in [2.45, 2.75) is 32.0 Å². The van der Waals surface area contributed by atoms with Crippen molar-refractivity contribution in [3.05, 3.63) is 92.9 Å². The number of hydrogen-bond acceptors (Lipinski definition) is 4. The first kappa shape index (κ1) is 20.4. The summed E-state index contributed by atoms with van der Waals surface area (Å²) in [5.74, 6) is 1.77. The molecule has 4 nitrogen and oxygen atoms in total. The molecule has 0 saturated carbocycles. The van der Waals surface area contributed by atoms with Crippen LogP contribution in [-0.4, -0.2) is 17.3 Å². The maximum absolute atomic E-state index is 6.45. The van der Waals surface area contributed by atoms with Crippen LogP contribution >= 0.6 is 27.5 Å². The molecule has 5 rings (SSSR count). The number of hydrogen-bond donors (Lipinski definition) is 0. The highest BCUT2D eigenvalue weighted by Gasteiger charge is 2.41. The Hall–Kier alpha value is -2.50. The third-order valence-corrected chi connectivity index (χ3v) is 6.31. The van der Waals surface area contributed by atoms with Crippen molar-refractivity contribution < 1.29 is 9.47 Å². The molecule has 0 aromatic heterocycles. The molecule has 0 bridgehead atoms. The van der Waals surface area contributed by atoms with Crippen LogP contribution in [0.4, 0.5) is 0 Å². The van der Waals surface area contributed by atoms with E-state index in [2.05, 4.69) is 46.1 Å². The summed E-state index contributed by atoms with van der Waals surface area (Å²) in [5.41, 5.74) is 4.30. The summed E-state index contributed by atoms with van der Waals surface area (Å²) >= 11 is 9.69. The molecule has 2 aliphatic heterocycles. The van der Waals surface area contributed by atoms with Gasteiger partial charge >= 0.3 is 0 Å². The van der Waals surface area contributed by atoms with E-state index in [0.717, 1.165) is 56.2 Å². The van der Waals surface area contributed by atoms with Crippen LogP contribution in [-0.2, 0) is 0 Å². The van der Waals surface area contributed by atoms with Gasteiger partial charge in [0.05, 0.1) is 18.4 Å². The number of fused-ring (bicyclic) bond motifs is 3. The molecular formula is C25H22BrClN2O2. The molecule has 6 heteroatoms. The zero-order valence-corrected chi connectivity index (χ0v) is 19.4. The summed E-state index contributed by atoms with van der Waals surface area (Å²) in [6.45, 7) is 2.81. The molecule has 0 N–H and O–H groups in total. The molecule has 0 amide bonds. The standard InChI is InChI=1S/C25H22BrClN2O2/c1-2-13-30-20-10-5-17(6-11-20)25-29-23(21-14-18(26)7-12-24(21)31-25)15-22(28-29)16-3-8-19(27)9-4-16/h3-12,14,23,25H,2,13,15H2,1H3/t23-,25-/m1/s1. The molecule has 0 unspecified atom stereocenters. The van der Waals surface area contributed by atoms with Crippen molar-refractivity contribution in [2.24, 2.45) is 5.10 Å². The maximum Gasteiger partial charge on any atom is 0.213 e. The van der Waals surface area contributed by atoms with E-state index < -0.39 is 0 Å². The van der Waals surface area contributed by atoms with Gasteiger partial charge in [-0.2, -0.15) is 5.10 Å². The van der Waals surface area contributed by atoms with Crippen LogP contribution in [0, 0.1) is 0 Å². The molecule has 0 fully saturated rings. The Balaban J connectivity index is 1.52. The number of halogens is 2. The van der Waals surface area contributed by atoms with Crippen LogP contribution in [0.15, 0.2) is 76.3 Å². The summed E-state index contributed by atoms with van der Waals surface area (Å²) in [6, 6.07) is 22.3. The number of hydrazone groups is 1. The van der Waals surface area contributed by atoms with E-state index in [9.17, 15) is 0 Å². The molecule has 0 radical (unpaired) electrons. The minimum absolute atomic E-state index is 0.105. The van der Waals surface area contributed by atoms with Crippen molar-refractivity contribution in [3.63, 3.8) is 0 Å². The monoisotopic (exact) mass is 496 g/mol. The molecule has 0 spiro atoms. The van der Waals surface area contributed by atoms with Gasteiger partial charge in [0.25, 0.3) is 0 Å². The lowest BCUT2D eigenvalue weighted by Crippen LogP contribution is -2.33. The minimum atomic E-state index is -0.302. The van der Waals surface area contributed by atoms with E-state index in [-0.39, 0.29) is 12.3 Å². The van der Waals surface area contributed by atoms with Gasteiger partial charge in [0.1, 0.15) is 11.5 Å². The maximum atomic E-state index is 6.45. The van der Waals surface area contributed by atoms with Gasteiger partial charge in [-0.05, 0) is 66.6 Å². The van der Waals surface area contributed by atoms with E-state index in [0.29, 0.717) is 6.61 Å². The van der Waals surface area contributed by atoms with E-state index in [1.54, 1.807) is 0 Å². The summed E-state index contributed by atoms with van der Waals surface area (Å²) in [7, 11) is 0. The summed E-state index contributed by atoms with van der Waals surface area (Å²) < 4.78 is 13.2. The van der Waals surface area contributed by atoms with Gasteiger partial charge in [-0.15, -0.1) is 0 Å². The topological polar surface area (TPSA) is 34.1 Å². The fourth-order valence-corrected chi connectivity index (χ4v) is 4.55. The fraction of sp³-hybridized carbons (Fsp3) is 0.240. The van der Waals surface area contributed by atoms with Gasteiger partial charge in [0.15, 0.2) is 0 Å². The first-order valence-electron chi connectivity index (χ1n) is 10.4. The summed E-state index contributed by atoms with van der Waals surface area (Å²) in [4.78, 5) is 0. The lowest BCUT2D eigenvalue weighted by molar-refractivity contribution is -0.0191. The van der Waals surface area contributed by atoms with Gasteiger partial charge in [0.2, 0.25) is 6.23 Å². The van der Waals surface area contributed by atoms with Crippen LogP contribution in [0.25, 0.3) is 0 Å². The smallest absolute Gasteiger partial charge is 0.213 e. The first-order valence-corrected chi connectivity index (χ1v) is 11.6. The molecule has 3 aromatic carbocycles. The highest BCUT2D eigenvalue weighted by Crippen LogP contribution is 2.48. The third-order valence-electron chi connectivity index (χ3n) is 5.57. The van der Waals surface area contributed by atoms with Gasteiger partial charge in [-0.3, -0.25) is 0 Å². The highest BCUT2D eigenvalue weighted by molar-refractivity contribution is 9.10. The van der Waals surface area contributed by atoms with Gasteiger partial charge < -0.3 is 9.47 Å². The van der Waals surface area contributed by atoms with Crippen molar-refractivity contribution in [3.8, 4) is 11.5 Å². The van der Waals surface area contributed by atoms with Crippen molar-refractivity contribution in [1.82, 2.24) is 5.01 Å². The predicted octanol–water partition coefficient (Wildman–Crippen LogP) is 7.13. The van der Waals surface area contributed by atoms with Crippen molar-refractivity contribution in [1.29, 1.82) is 0 Å². The Morgan fingerprint density at radius 1 is 1.10 bits per heavy atom. The van der Waals surface area contributed by atoms with Crippen molar-refractivity contribution >= 4 is 33.2 Å². The lowest BCUT2D eigenvalue weighted by Gasteiger charge is -2.38. The normalized spacial score (nSPS) is 19.3. The zero-order chi connectivity index (χ0) is 21.4. The average Bonchev–Trinajstić information content (AvgIpc) is 3.24. The van der Waals surface area contributed by atoms with Crippen molar-refractivity contribution in [2.75, 3.05) is 6.61 Å². The molecule has 0 saturated heterocycles. The number of nitrogens with zero attached hydrogens (tertiary/aromatic N) is 2. The number of ether oxygens (including phenoxy) is 2. The molecule has 2 aliphatic rings. The van der Waals surface area contributed by atoms with Gasteiger partial charge in [0, 0.05) is 27.0 Å². The average molecular weight is 498 g/mol. The molecule has 3 aromatic rings. The number of benzene rings is 3. The Morgan fingerprint density at radius 2 is 1.87 bits per heavy atom. The van der Waals surface area contributed by atoms with E-state index in [4.69, 9.17) is 26.2 Å². The van der Waals surface area contributed by atoms with E-state index in [1.807, 2.05) is 48.5 Å². The Kier molecular flexibility index (Phi) is 5.63.